The summed E-state index contributed by atoms with van der Waals surface area (Å²) in [4.78, 5) is 12.1. The third-order valence-corrected chi connectivity index (χ3v) is 6.16. The Morgan fingerprint density at radius 3 is 2.62 bits per heavy atom. The maximum absolute atomic E-state index is 12.1. The van der Waals surface area contributed by atoms with Crippen molar-refractivity contribution < 1.29 is 9.90 Å². The second-order valence-corrected chi connectivity index (χ2v) is 7.37. The zero-order valence-corrected chi connectivity index (χ0v) is 14.6. The van der Waals surface area contributed by atoms with E-state index in [4.69, 9.17) is 0 Å². The minimum Gasteiger partial charge on any atom is -0.396 e. The fraction of sp³-hybridized carbons (Fsp3) is 0.938. The highest BCUT2D eigenvalue weighted by atomic mass is 32.2. The number of carbonyl (C=O) groups excluding carboxylic acids is 1. The second kappa shape index (κ2) is 9.57. The van der Waals surface area contributed by atoms with Crippen LogP contribution >= 0.6 is 11.8 Å². The number of carbonyl (C=O) groups is 1. The van der Waals surface area contributed by atoms with E-state index in [-0.39, 0.29) is 18.1 Å². The van der Waals surface area contributed by atoms with Crippen molar-refractivity contribution in [3.05, 3.63) is 0 Å². The number of amides is 2. The van der Waals surface area contributed by atoms with Crippen LogP contribution < -0.4 is 10.6 Å². The summed E-state index contributed by atoms with van der Waals surface area (Å²) < 4.78 is 0. The Hall–Kier alpha value is -0.420. The summed E-state index contributed by atoms with van der Waals surface area (Å²) in [7, 11) is 0. The Balaban J connectivity index is 2.38. The van der Waals surface area contributed by atoms with E-state index in [9.17, 15) is 9.90 Å². The van der Waals surface area contributed by atoms with Gasteiger partial charge >= 0.3 is 6.03 Å². The highest BCUT2D eigenvalue weighted by Gasteiger charge is 2.27. The van der Waals surface area contributed by atoms with Crippen LogP contribution in [0.2, 0.25) is 0 Å². The van der Waals surface area contributed by atoms with Crippen LogP contribution in [0.1, 0.15) is 58.8 Å². The molecule has 0 aliphatic heterocycles. The van der Waals surface area contributed by atoms with E-state index >= 15 is 0 Å². The largest absolute Gasteiger partial charge is 0.396 e. The molecule has 1 aliphatic carbocycles. The van der Waals surface area contributed by atoms with Gasteiger partial charge in [-0.25, -0.2) is 4.79 Å². The van der Waals surface area contributed by atoms with Gasteiger partial charge in [0.2, 0.25) is 0 Å². The van der Waals surface area contributed by atoms with E-state index in [1.165, 1.54) is 12.8 Å². The third kappa shape index (κ3) is 6.07. The maximum Gasteiger partial charge on any atom is 0.315 e. The number of hydrogen-bond donors (Lipinski definition) is 3. The minimum atomic E-state index is -0.0500. The summed E-state index contributed by atoms with van der Waals surface area (Å²) in [6, 6.07) is 0.262. The fourth-order valence-electron chi connectivity index (χ4n) is 3.17. The Bertz CT molecular complexity index is 309. The molecule has 0 saturated heterocycles. The van der Waals surface area contributed by atoms with Gasteiger partial charge in [0, 0.05) is 24.4 Å². The van der Waals surface area contributed by atoms with Gasteiger partial charge in [0.05, 0.1) is 0 Å². The van der Waals surface area contributed by atoms with Crippen molar-refractivity contribution >= 4 is 17.8 Å². The number of aliphatic hydroxyl groups is 1. The van der Waals surface area contributed by atoms with E-state index < -0.39 is 0 Å². The zero-order valence-electron chi connectivity index (χ0n) is 13.8. The Morgan fingerprint density at radius 1 is 1.33 bits per heavy atom. The molecule has 1 rings (SSSR count). The lowest BCUT2D eigenvalue weighted by Crippen LogP contribution is -2.47. The van der Waals surface area contributed by atoms with Crippen molar-refractivity contribution in [3.8, 4) is 0 Å². The first-order valence-electron chi connectivity index (χ1n) is 8.27. The van der Waals surface area contributed by atoms with E-state index in [1.807, 2.05) is 11.8 Å². The van der Waals surface area contributed by atoms with Crippen LogP contribution in [0.3, 0.4) is 0 Å². The van der Waals surface area contributed by atoms with Crippen molar-refractivity contribution in [2.24, 2.45) is 5.41 Å². The molecule has 2 atom stereocenters. The first-order valence-corrected chi connectivity index (χ1v) is 9.56. The van der Waals surface area contributed by atoms with Gasteiger partial charge in [-0.05, 0) is 50.2 Å². The summed E-state index contributed by atoms with van der Waals surface area (Å²) in [6.07, 6.45) is 9.49. The van der Waals surface area contributed by atoms with Crippen LogP contribution in [0, 0.1) is 5.41 Å². The summed E-state index contributed by atoms with van der Waals surface area (Å²) >= 11 is 1.91. The SMILES string of the molecule is CCC(CC)(CCO)CNC(=O)NC1CCCC(SC)C1. The monoisotopic (exact) mass is 316 g/mol. The topological polar surface area (TPSA) is 61.4 Å². The van der Waals surface area contributed by atoms with Crippen molar-refractivity contribution in [2.45, 2.75) is 70.1 Å². The standard InChI is InChI=1S/C16H32N2O2S/c1-4-16(5-2,9-10-19)12-17-15(20)18-13-7-6-8-14(11-13)21-3/h13-14,19H,4-12H2,1-3H3,(H2,17,18,20). The number of hydrogen-bond acceptors (Lipinski definition) is 3. The first kappa shape index (κ1) is 18.6. The molecule has 124 valence electrons. The van der Waals surface area contributed by atoms with Gasteiger partial charge in [-0.1, -0.05) is 20.3 Å². The second-order valence-electron chi connectivity index (χ2n) is 6.23. The highest BCUT2D eigenvalue weighted by molar-refractivity contribution is 7.99. The Kier molecular flexibility index (Phi) is 8.49. The molecule has 0 heterocycles. The van der Waals surface area contributed by atoms with Crippen LogP contribution in [0.5, 0.6) is 0 Å². The molecule has 4 nitrogen and oxygen atoms in total. The quantitative estimate of drug-likeness (QED) is 0.644. The lowest BCUT2D eigenvalue weighted by Gasteiger charge is -2.32. The summed E-state index contributed by atoms with van der Waals surface area (Å²) in [5, 5.41) is 16.0. The maximum atomic E-state index is 12.1. The van der Waals surface area contributed by atoms with Crippen molar-refractivity contribution in [1.82, 2.24) is 10.6 Å². The van der Waals surface area contributed by atoms with Gasteiger partial charge in [-0.15, -0.1) is 0 Å². The Labute approximate surface area is 133 Å². The zero-order chi connectivity index (χ0) is 15.7. The molecule has 2 unspecified atom stereocenters. The van der Waals surface area contributed by atoms with Gasteiger partial charge in [0.25, 0.3) is 0 Å². The van der Waals surface area contributed by atoms with E-state index in [1.54, 1.807) is 0 Å². The van der Waals surface area contributed by atoms with Crippen LogP contribution in [0.25, 0.3) is 0 Å². The molecule has 0 aromatic carbocycles. The predicted molar refractivity (Wildman–Crippen MR) is 90.8 cm³/mol. The smallest absolute Gasteiger partial charge is 0.315 e. The molecule has 0 bridgehead atoms. The molecule has 5 heteroatoms. The molecule has 0 aromatic rings. The number of urea groups is 1. The predicted octanol–water partition coefficient (Wildman–Crippen LogP) is 3.15. The summed E-state index contributed by atoms with van der Waals surface area (Å²) in [5.41, 5.74) is 0.0282. The molecule has 1 aliphatic rings. The fourth-order valence-corrected chi connectivity index (χ4v) is 4.00. The van der Waals surface area contributed by atoms with Crippen molar-refractivity contribution in [2.75, 3.05) is 19.4 Å². The number of nitrogens with one attached hydrogen (secondary N) is 2. The van der Waals surface area contributed by atoms with Gasteiger partial charge < -0.3 is 15.7 Å². The van der Waals surface area contributed by atoms with Gasteiger partial charge in [-0.3, -0.25) is 0 Å². The molecule has 2 amide bonds. The molecule has 1 fully saturated rings. The molecule has 3 N–H and O–H groups in total. The van der Waals surface area contributed by atoms with Crippen LogP contribution in [0.15, 0.2) is 0 Å². The summed E-state index contributed by atoms with van der Waals surface area (Å²) in [6.45, 7) is 5.08. The molecule has 21 heavy (non-hydrogen) atoms. The molecule has 0 spiro atoms. The number of aliphatic hydroxyl groups excluding tert-OH is 1. The van der Waals surface area contributed by atoms with Gasteiger partial charge in [0.1, 0.15) is 0 Å². The highest BCUT2D eigenvalue weighted by Crippen LogP contribution is 2.29. The molecule has 0 radical (unpaired) electrons. The van der Waals surface area contributed by atoms with Crippen LogP contribution in [0.4, 0.5) is 4.79 Å². The van der Waals surface area contributed by atoms with Crippen LogP contribution in [-0.4, -0.2) is 41.8 Å². The van der Waals surface area contributed by atoms with Crippen molar-refractivity contribution in [3.63, 3.8) is 0 Å². The molecular formula is C16H32N2O2S. The van der Waals surface area contributed by atoms with Gasteiger partial charge in [-0.2, -0.15) is 11.8 Å². The van der Waals surface area contributed by atoms with Gasteiger partial charge in [0.15, 0.2) is 0 Å². The number of rotatable bonds is 8. The summed E-state index contributed by atoms with van der Waals surface area (Å²) in [5.74, 6) is 0. The normalized spacial score (nSPS) is 22.9. The van der Waals surface area contributed by atoms with Crippen LogP contribution in [-0.2, 0) is 0 Å². The lowest BCUT2D eigenvalue weighted by atomic mass is 9.79. The average Bonchev–Trinajstić information content (AvgIpc) is 2.52. The molecular weight excluding hydrogens is 284 g/mol. The lowest BCUT2D eigenvalue weighted by molar-refractivity contribution is 0.162. The van der Waals surface area contributed by atoms with E-state index in [0.29, 0.717) is 17.8 Å². The number of thioether (sulfide) groups is 1. The Morgan fingerprint density at radius 2 is 2.05 bits per heavy atom. The molecule has 0 aromatic heterocycles. The molecule has 1 saturated carbocycles. The van der Waals surface area contributed by atoms with E-state index in [2.05, 4.69) is 30.7 Å². The first-order chi connectivity index (χ1) is 10.1. The minimum absolute atomic E-state index is 0.0282. The van der Waals surface area contributed by atoms with E-state index in [0.717, 1.165) is 32.1 Å². The third-order valence-electron chi connectivity index (χ3n) is 5.06. The van der Waals surface area contributed by atoms with Crippen molar-refractivity contribution in [1.29, 1.82) is 0 Å². The average molecular weight is 317 g/mol.